The zero-order chi connectivity index (χ0) is 20.0. The number of hydrogen-bond donors (Lipinski definition) is 1. The van der Waals surface area contributed by atoms with Gasteiger partial charge in [-0.1, -0.05) is 6.07 Å². The molecule has 0 saturated heterocycles. The van der Waals surface area contributed by atoms with Crippen molar-refractivity contribution in [3.05, 3.63) is 30.9 Å². The Labute approximate surface area is 185 Å². The van der Waals surface area contributed by atoms with Crippen molar-refractivity contribution in [1.29, 1.82) is 0 Å². The van der Waals surface area contributed by atoms with Gasteiger partial charge in [-0.3, -0.25) is 14.1 Å². The summed E-state index contributed by atoms with van der Waals surface area (Å²) in [5, 5.41) is 0. The predicted octanol–water partition coefficient (Wildman–Crippen LogP) is 3.18. The third-order valence-corrected chi connectivity index (χ3v) is 6.72. The average molecular weight is 622 g/mol. The number of carbonyl (C=O) groups is 2. The third kappa shape index (κ3) is 7.81. The highest BCUT2D eigenvalue weighted by Gasteiger charge is 2.31. The summed E-state index contributed by atoms with van der Waals surface area (Å²) in [6, 6.07) is 5.92. The van der Waals surface area contributed by atoms with Crippen LogP contribution in [0.25, 0.3) is 0 Å². The van der Waals surface area contributed by atoms with Gasteiger partial charge in [-0.2, -0.15) is 8.42 Å². The number of benzene rings is 1. The zero-order valence-corrected chi connectivity index (χ0v) is 19.5. The molecule has 0 aliphatic heterocycles. The van der Waals surface area contributed by atoms with E-state index in [1.54, 1.807) is 0 Å². The highest BCUT2D eigenvalue weighted by Crippen LogP contribution is 2.31. The second kappa shape index (κ2) is 10.3. The minimum Gasteiger partial charge on any atom is -0.464 e. The Hall–Kier alpha value is -0.470. The number of halogens is 2. The van der Waals surface area contributed by atoms with E-state index in [1.165, 1.54) is 0 Å². The largest absolute Gasteiger partial charge is 0.464 e. The van der Waals surface area contributed by atoms with E-state index in [9.17, 15) is 18.0 Å². The van der Waals surface area contributed by atoms with Crippen LogP contribution in [0.3, 0.4) is 0 Å². The Kier molecular flexibility index (Phi) is 8.74. The van der Waals surface area contributed by atoms with Crippen LogP contribution in [0.4, 0.5) is 0 Å². The molecule has 0 heterocycles. The molecule has 0 amide bonds. The van der Waals surface area contributed by atoms with Crippen LogP contribution in [0.15, 0.2) is 18.2 Å². The topological polar surface area (TPSA) is 107 Å². The fourth-order valence-corrected chi connectivity index (χ4v) is 4.89. The SMILES string of the molecule is O=C(OCCS(=O)(=O)O)C1CCC(C(=O)OCc2ccc(I)cc2I)CC1. The first-order chi connectivity index (χ1) is 12.7. The minimum absolute atomic E-state index is 0.228. The summed E-state index contributed by atoms with van der Waals surface area (Å²) in [6.07, 6.45) is 2.04. The van der Waals surface area contributed by atoms with E-state index in [2.05, 4.69) is 45.2 Å². The number of carbonyl (C=O) groups excluding carboxylic acids is 2. The van der Waals surface area contributed by atoms with Gasteiger partial charge in [0.05, 0.1) is 11.8 Å². The molecule has 1 aromatic rings. The van der Waals surface area contributed by atoms with Crippen molar-refractivity contribution in [2.45, 2.75) is 32.3 Å². The van der Waals surface area contributed by atoms with Gasteiger partial charge >= 0.3 is 11.9 Å². The molecule has 1 N–H and O–H groups in total. The molecule has 7 nitrogen and oxygen atoms in total. The van der Waals surface area contributed by atoms with E-state index in [0.717, 1.165) is 12.7 Å². The van der Waals surface area contributed by atoms with Crippen LogP contribution >= 0.6 is 45.2 Å². The standard InChI is InChI=1S/C17H20I2O7S/c18-14-6-5-13(15(19)9-14)10-26-17(21)12-3-1-11(2-4-12)16(20)25-7-8-27(22,23)24/h5-6,9,11-12H,1-4,7-8,10H2,(H,22,23,24). The van der Waals surface area contributed by atoms with Gasteiger partial charge in [-0.25, -0.2) is 0 Å². The Morgan fingerprint density at radius 2 is 1.59 bits per heavy atom. The van der Waals surface area contributed by atoms with Crippen molar-refractivity contribution < 1.29 is 32.0 Å². The lowest BCUT2D eigenvalue weighted by Crippen LogP contribution is -2.29. The van der Waals surface area contributed by atoms with Crippen LogP contribution in [-0.4, -0.2) is 37.3 Å². The predicted molar refractivity (Wildman–Crippen MR) is 114 cm³/mol. The van der Waals surface area contributed by atoms with Gasteiger partial charge in [0.15, 0.2) is 0 Å². The molecule has 0 spiro atoms. The smallest absolute Gasteiger partial charge is 0.309 e. The molecule has 1 aliphatic carbocycles. The minimum atomic E-state index is -4.14. The quantitative estimate of drug-likeness (QED) is 0.283. The van der Waals surface area contributed by atoms with Crippen LogP contribution in [0.5, 0.6) is 0 Å². The van der Waals surface area contributed by atoms with Gasteiger partial charge < -0.3 is 9.47 Å². The average Bonchev–Trinajstić information content (AvgIpc) is 2.59. The van der Waals surface area contributed by atoms with Crippen LogP contribution in [-0.2, 0) is 35.8 Å². The van der Waals surface area contributed by atoms with E-state index in [0.29, 0.717) is 25.7 Å². The van der Waals surface area contributed by atoms with E-state index >= 15 is 0 Å². The first kappa shape index (κ1) is 22.8. The molecule has 1 aromatic carbocycles. The molecular weight excluding hydrogens is 602 g/mol. The summed E-state index contributed by atoms with van der Waals surface area (Å²) in [5.41, 5.74) is 0.959. The molecule has 0 bridgehead atoms. The maximum absolute atomic E-state index is 12.3. The molecule has 10 heteroatoms. The molecule has 0 radical (unpaired) electrons. The van der Waals surface area contributed by atoms with Gasteiger partial charge in [0.1, 0.15) is 19.0 Å². The Bertz CT molecular complexity index is 786. The summed E-state index contributed by atoms with van der Waals surface area (Å²) < 4.78 is 42.3. The molecule has 27 heavy (non-hydrogen) atoms. The maximum atomic E-state index is 12.3. The molecule has 1 aliphatic rings. The van der Waals surface area contributed by atoms with Crippen LogP contribution in [0, 0.1) is 19.0 Å². The third-order valence-electron chi connectivity index (χ3n) is 4.36. The van der Waals surface area contributed by atoms with E-state index in [4.69, 9.17) is 14.0 Å². The monoisotopic (exact) mass is 622 g/mol. The first-order valence-electron chi connectivity index (χ1n) is 8.38. The van der Waals surface area contributed by atoms with Gasteiger partial charge in [0.25, 0.3) is 10.1 Å². The number of ether oxygens (including phenoxy) is 2. The van der Waals surface area contributed by atoms with Crippen molar-refractivity contribution in [1.82, 2.24) is 0 Å². The lowest BCUT2D eigenvalue weighted by Gasteiger charge is -2.26. The van der Waals surface area contributed by atoms with Crippen molar-refractivity contribution in [3.8, 4) is 0 Å². The Morgan fingerprint density at radius 1 is 1.04 bits per heavy atom. The molecule has 0 aromatic heterocycles. The molecule has 1 fully saturated rings. The fraction of sp³-hybridized carbons (Fsp3) is 0.529. The van der Waals surface area contributed by atoms with Gasteiger partial charge in [-0.15, -0.1) is 0 Å². The van der Waals surface area contributed by atoms with E-state index < -0.39 is 21.8 Å². The van der Waals surface area contributed by atoms with Crippen LogP contribution < -0.4 is 0 Å². The van der Waals surface area contributed by atoms with Gasteiger partial charge in [0.2, 0.25) is 0 Å². The van der Waals surface area contributed by atoms with Gasteiger partial charge in [0, 0.05) is 12.7 Å². The van der Waals surface area contributed by atoms with E-state index in [1.807, 2.05) is 18.2 Å². The summed E-state index contributed by atoms with van der Waals surface area (Å²) in [6.45, 7) is -0.139. The van der Waals surface area contributed by atoms with Gasteiger partial charge in [-0.05, 0) is 83.0 Å². The summed E-state index contributed by atoms with van der Waals surface area (Å²) in [4.78, 5) is 24.2. The Morgan fingerprint density at radius 3 is 2.11 bits per heavy atom. The van der Waals surface area contributed by atoms with Crippen molar-refractivity contribution >= 4 is 67.2 Å². The lowest BCUT2D eigenvalue weighted by atomic mass is 9.82. The van der Waals surface area contributed by atoms with Crippen molar-refractivity contribution in [3.63, 3.8) is 0 Å². The molecule has 2 rings (SSSR count). The second-order valence-corrected chi connectivity index (χ2v) is 10.3. The summed E-state index contributed by atoms with van der Waals surface area (Å²) >= 11 is 4.44. The number of esters is 2. The van der Waals surface area contributed by atoms with Crippen molar-refractivity contribution in [2.75, 3.05) is 12.4 Å². The lowest BCUT2D eigenvalue weighted by molar-refractivity contribution is -0.155. The highest BCUT2D eigenvalue weighted by molar-refractivity contribution is 14.1. The van der Waals surface area contributed by atoms with Crippen molar-refractivity contribution in [2.24, 2.45) is 11.8 Å². The zero-order valence-electron chi connectivity index (χ0n) is 14.4. The first-order valence-corrected chi connectivity index (χ1v) is 12.1. The normalized spacial score (nSPS) is 20.1. The second-order valence-electron chi connectivity index (χ2n) is 6.35. The molecule has 150 valence electrons. The molecule has 0 atom stereocenters. The number of hydrogen-bond acceptors (Lipinski definition) is 6. The number of rotatable bonds is 7. The molecule has 0 unspecified atom stereocenters. The highest BCUT2D eigenvalue weighted by atomic mass is 127. The molecule has 1 saturated carbocycles. The van der Waals surface area contributed by atoms with Crippen LogP contribution in [0.1, 0.15) is 31.2 Å². The fourth-order valence-electron chi connectivity index (χ4n) is 2.84. The summed E-state index contributed by atoms with van der Waals surface area (Å²) in [5.74, 6) is -1.96. The van der Waals surface area contributed by atoms with Crippen LogP contribution in [0.2, 0.25) is 0 Å². The van der Waals surface area contributed by atoms with E-state index in [-0.39, 0.29) is 31.0 Å². The Balaban J connectivity index is 1.74. The maximum Gasteiger partial charge on any atom is 0.309 e. The summed E-state index contributed by atoms with van der Waals surface area (Å²) in [7, 11) is -4.14. The molecular formula is C17H20I2O7S.